The molecule has 4 amide bonds. The third kappa shape index (κ3) is 5.68. The topological polar surface area (TPSA) is 126 Å². The maximum atomic E-state index is 12.8. The van der Waals surface area contributed by atoms with E-state index in [1.165, 1.54) is 12.4 Å². The van der Waals surface area contributed by atoms with Gasteiger partial charge in [0.1, 0.15) is 5.75 Å². The van der Waals surface area contributed by atoms with Crippen LogP contribution in [0.15, 0.2) is 36.7 Å². The fraction of sp³-hybridized carbons (Fsp3) is 0.381. The summed E-state index contributed by atoms with van der Waals surface area (Å²) < 4.78 is 5.09. The number of urea groups is 1. The summed E-state index contributed by atoms with van der Waals surface area (Å²) in [7, 11) is 1.54. The molecule has 2 aromatic rings. The molecular weight excluding hydrogens is 400 g/mol. The first-order valence-corrected chi connectivity index (χ1v) is 10.1. The standard InChI is InChI=1S/C21H26N6O4/c1-3-22-21(30)27-12-8-15(9-13-27)25-20(29)17-18(24-11-10-23-17)26-19(28)14-4-6-16(31-2)7-5-14/h4-7,10-11,15H,3,8-9,12-13H2,1-2H3,(H,22,30)(H,25,29)(H,24,26,28). The highest BCUT2D eigenvalue weighted by molar-refractivity contribution is 6.07. The summed E-state index contributed by atoms with van der Waals surface area (Å²) in [5.41, 5.74) is 0.436. The van der Waals surface area contributed by atoms with Crippen molar-refractivity contribution in [2.45, 2.75) is 25.8 Å². The van der Waals surface area contributed by atoms with Gasteiger partial charge in [-0.1, -0.05) is 0 Å². The second kappa shape index (κ2) is 10.4. The van der Waals surface area contributed by atoms with Crippen molar-refractivity contribution in [2.24, 2.45) is 0 Å². The van der Waals surface area contributed by atoms with E-state index in [0.717, 1.165) is 0 Å². The van der Waals surface area contributed by atoms with Crippen LogP contribution in [0.25, 0.3) is 0 Å². The Morgan fingerprint density at radius 3 is 2.39 bits per heavy atom. The van der Waals surface area contributed by atoms with Crippen molar-refractivity contribution in [3.8, 4) is 5.75 Å². The SMILES string of the molecule is CCNC(=O)N1CCC(NC(=O)c2nccnc2NC(=O)c2ccc(OC)cc2)CC1. The molecule has 0 unspecified atom stereocenters. The van der Waals surface area contributed by atoms with Crippen LogP contribution in [0.2, 0.25) is 0 Å². The van der Waals surface area contributed by atoms with Crippen LogP contribution in [-0.2, 0) is 0 Å². The van der Waals surface area contributed by atoms with Crippen LogP contribution >= 0.6 is 0 Å². The van der Waals surface area contributed by atoms with Gasteiger partial charge in [-0.2, -0.15) is 0 Å². The maximum absolute atomic E-state index is 12.8. The van der Waals surface area contributed by atoms with E-state index in [1.54, 1.807) is 36.3 Å². The Balaban J connectivity index is 1.61. The average Bonchev–Trinajstić information content (AvgIpc) is 2.80. The fourth-order valence-electron chi connectivity index (χ4n) is 3.26. The highest BCUT2D eigenvalue weighted by Crippen LogP contribution is 2.16. The first-order valence-electron chi connectivity index (χ1n) is 10.1. The Kier molecular flexibility index (Phi) is 7.36. The molecular formula is C21H26N6O4. The molecule has 164 valence electrons. The molecule has 1 aliphatic heterocycles. The van der Waals surface area contributed by atoms with E-state index in [9.17, 15) is 14.4 Å². The average molecular weight is 426 g/mol. The van der Waals surface area contributed by atoms with E-state index in [-0.39, 0.29) is 23.6 Å². The van der Waals surface area contributed by atoms with Gasteiger partial charge in [-0.05, 0) is 44.0 Å². The molecule has 3 N–H and O–H groups in total. The van der Waals surface area contributed by atoms with E-state index < -0.39 is 11.8 Å². The molecule has 3 rings (SSSR count). The van der Waals surface area contributed by atoms with Crippen molar-refractivity contribution in [2.75, 3.05) is 32.1 Å². The number of hydrogen-bond acceptors (Lipinski definition) is 6. The van der Waals surface area contributed by atoms with Crippen molar-refractivity contribution in [3.63, 3.8) is 0 Å². The summed E-state index contributed by atoms with van der Waals surface area (Å²) in [5, 5.41) is 8.35. The molecule has 1 aliphatic rings. The van der Waals surface area contributed by atoms with Crippen molar-refractivity contribution in [1.82, 2.24) is 25.5 Å². The number of hydrogen-bond donors (Lipinski definition) is 3. The molecule has 31 heavy (non-hydrogen) atoms. The molecule has 10 nitrogen and oxygen atoms in total. The van der Waals surface area contributed by atoms with E-state index >= 15 is 0 Å². The van der Waals surface area contributed by atoms with E-state index in [4.69, 9.17) is 4.74 Å². The Hall–Kier alpha value is -3.69. The number of nitrogens with zero attached hydrogens (tertiary/aromatic N) is 3. The zero-order valence-corrected chi connectivity index (χ0v) is 17.6. The zero-order chi connectivity index (χ0) is 22.2. The van der Waals surface area contributed by atoms with E-state index in [0.29, 0.717) is 43.8 Å². The van der Waals surface area contributed by atoms with Crippen LogP contribution in [0.3, 0.4) is 0 Å². The number of carbonyl (C=O) groups is 3. The highest BCUT2D eigenvalue weighted by Gasteiger charge is 2.25. The van der Waals surface area contributed by atoms with Crippen molar-refractivity contribution < 1.29 is 19.1 Å². The molecule has 1 aromatic heterocycles. The lowest BCUT2D eigenvalue weighted by molar-refractivity contribution is 0.0913. The predicted octanol–water partition coefficient (Wildman–Crippen LogP) is 1.66. The second-order valence-electron chi connectivity index (χ2n) is 7.01. The number of anilines is 1. The Morgan fingerprint density at radius 1 is 1.06 bits per heavy atom. The van der Waals surface area contributed by atoms with Gasteiger partial charge in [-0.25, -0.2) is 14.8 Å². The van der Waals surface area contributed by atoms with Crippen molar-refractivity contribution in [1.29, 1.82) is 0 Å². The van der Waals surface area contributed by atoms with Crippen LogP contribution in [0.1, 0.15) is 40.6 Å². The zero-order valence-electron chi connectivity index (χ0n) is 17.6. The number of amides is 4. The lowest BCUT2D eigenvalue weighted by Crippen LogP contribution is -2.49. The minimum Gasteiger partial charge on any atom is -0.497 e. The molecule has 0 spiro atoms. The summed E-state index contributed by atoms with van der Waals surface area (Å²) in [5.74, 6) is -0.114. The van der Waals surface area contributed by atoms with Gasteiger partial charge in [-0.3, -0.25) is 9.59 Å². The van der Waals surface area contributed by atoms with Gasteiger partial charge < -0.3 is 25.6 Å². The van der Waals surface area contributed by atoms with E-state index in [2.05, 4.69) is 25.9 Å². The molecule has 2 heterocycles. The molecule has 0 aliphatic carbocycles. The van der Waals surface area contributed by atoms with Gasteiger partial charge >= 0.3 is 6.03 Å². The first kappa shape index (κ1) is 22.0. The summed E-state index contributed by atoms with van der Waals surface area (Å²) in [4.78, 5) is 47.2. The van der Waals surface area contributed by atoms with Crippen LogP contribution in [0.5, 0.6) is 5.75 Å². The monoisotopic (exact) mass is 426 g/mol. The largest absolute Gasteiger partial charge is 0.497 e. The normalized spacial score (nSPS) is 13.9. The fourth-order valence-corrected chi connectivity index (χ4v) is 3.26. The minimum absolute atomic E-state index is 0.0375. The number of ether oxygens (including phenoxy) is 1. The lowest BCUT2D eigenvalue weighted by atomic mass is 10.1. The molecule has 1 saturated heterocycles. The van der Waals surface area contributed by atoms with Crippen LogP contribution in [0, 0.1) is 0 Å². The van der Waals surface area contributed by atoms with Gasteiger partial charge in [0.15, 0.2) is 11.5 Å². The summed E-state index contributed by atoms with van der Waals surface area (Å²) in [6, 6.07) is 6.40. The summed E-state index contributed by atoms with van der Waals surface area (Å²) in [6.07, 6.45) is 4.08. The third-order valence-electron chi connectivity index (χ3n) is 4.94. The number of nitrogens with one attached hydrogen (secondary N) is 3. The van der Waals surface area contributed by atoms with Crippen LogP contribution in [0.4, 0.5) is 10.6 Å². The Bertz CT molecular complexity index is 926. The number of rotatable bonds is 6. The number of aromatic nitrogens is 2. The number of piperidine rings is 1. The molecule has 0 saturated carbocycles. The van der Waals surface area contributed by atoms with Gasteiger partial charge in [0.05, 0.1) is 7.11 Å². The van der Waals surface area contributed by atoms with Gasteiger partial charge in [0.2, 0.25) is 0 Å². The molecule has 1 aromatic carbocycles. The summed E-state index contributed by atoms with van der Waals surface area (Å²) >= 11 is 0. The molecule has 0 radical (unpaired) electrons. The lowest BCUT2D eigenvalue weighted by Gasteiger charge is -2.32. The number of benzene rings is 1. The maximum Gasteiger partial charge on any atom is 0.317 e. The number of likely N-dealkylation sites (tertiary alicyclic amines) is 1. The molecule has 0 atom stereocenters. The number of methoxy groups -OCH3 is 1. The second-order valence-corrected chi connectivity index (χ2v) is 7.01. The first-order chi connectivity index (χ1) is 15.0. The van der Waals surface area contributed by atoms with Gasteiger partial charge in [0, 0.05) is 43.6 Å². The summed E-state index contributed by atoms with van der Waals surface area (Å²) in [6.45, 7) is 3.56. The molecule has 0 bridgehead atoms. The predicted molar refractivity (Wildman–Crippen MR) is 114 cm³/mol. The van der Waals surface area contributed by atoms with E-state index in [1.807, 2.05) is 6.92 Å². The third-order valence-corrected chi connectivity index (χ3v) is 4.94. The smallest absolute Gasteiger partial charge is 0.317 e. The Morgan fingerprint density at radius 2 is 1.74 bits per heavy atom. The van der Waals surface area contributed by atoms with Gasteiger partial charge in [0.25, 0.3) is 11.8 Å². The molecule has 10 heteroatoms. The van der Waals surface area contributed by atoms with Crippen molar-refractivity contribution in [3.05, 3.63) is 47.9 Å². The Labute approximate surface area is 180 Å². The molecule has 1 fully saturated rings. The minimum atomic E-state index is -0.422. The van der Waals surface area contributed by atoms with Crippen LogP contribution < -0.4 is 20.7 Å². The highest BCUT2D eigenvalue weighted by atomic mass is 16.5. The quantitative estimate of drug-likeness (QED) is 0.645. The number of carbonyl (C=O) groups excluding carboxylic acids is 3. The van der Waals surface area contributed by atoms with Gasteiger partial charge in [-0.15, -0.1) is 0 Å². The van der Waals surface area contributed by atoms with Crippen molar-refractivity contribution >= 4 is 23.7 Å². The van der Waals surface area contributed by atoms with Crippen LogP contribution in [-0.4, -0.2) is 65.5 Å².